The van der Waals surface area contributed by atoms with E-state index < -0.39 is 0 Å². The summed E-state index contributed by atoms with van der Waals surface area (Å²) in [5.41, 5.74) is 5.58. The highest BCUT2D eigenvalue weighted by atomic mass is 32.1. The molecule has 3 rings (SSSR count). The van der Waals surface area contributed by atoms with Gasteiger partial charge >= 0.3 is 0 Å². The SMILES string of the molecule is S=C(N/N=C1/CCNc2cccnc21)Nc1ccccn1. The molecule has 2 aromatic heterocycles. The molecule has 0 aromatic carbocycles. The standard InChI is InChI=1S/C14H14N6S/c21-14(18-12-5-1-2-7-16-12)20-19-11-6-9-15-10-4-3-8-17-13(10)11/h1-5,7-8,15H,6,9H2,(H2,16,18,20,21)/b19-11-. The molecule has 0 spiro atoms. The van der Waals surface area contributed by atoms with Crippen LogP contribution in [0.1, 0.15) is 12.1 Å². The van der Waals surface area contributed by atoms with Crippen LogP contribution in [0.15, 0.2) is 47.8 Å². The number of thiocarbonyl (C=S) groups is 1. The molecule has 1 aliphatic rings. The highest BCUT2D eigenvalue weighted by molar-refractivity contribution is 7.80. The van der Waals surface area contributed by atoms with Crippen molar-refractivity contribution in [3.05, 3.63) is 48.4 Å². The highest BCUT2D eigenvalue weighted by Gasteiger charge is 2.15. The second-order valence-electron chi connectivity index (χ2n) is 4.42. The van der Waals surface area contributed by atoms with Gasteiger partial charge in [-0.3, -0.25) is 10.4 Å². The maximum Gasteiger partial charge on any atom is 0.192 e. The van der Waals surface area contributed by atoms with Crippen LogP contribution in [0.3, 0.4) is 0 Å². The van der Waals surface area contributed by atoms with Gasteiger partial charge in [-0.25, -0.2) is 4.98 Å². The smallest absolute Gasteiger partial charge is 0.192 e. The first-order valence-corrected chi connectivity index (χ1v) is 6.97. The van der Waals surface area contributed by atoms with E-state index in [2.05, 4.69) is 31.1 Å². The van der Waals surface area contributed by atoms with Crippen LogP contribution < -0.4 is 16.1 Å². The van der Waals surface area contributed by atoms with Gasteiger partial charge < -0.3 is 10.6 Å². The van der Waals surface area contributed by atoms with E-state index >= 15 is 0 Å². The average Bonchev–Trinajstić information content (AvgIpc) is 2.54. The van der Waals surface area contributed by atoms with E-state index in [0.717, 1.165) is 30.1 Å². The van der Waals surface area contributed by atoms with Gasteiger partial charge in [-0.1, -0.05) is 6.07 Å². The lowest BCUT2D eigenvalue weighted by Crippen LogP contribution is -2.28. The monoisotopic (exact) mass is 298 g/mol. The van der Waals surface area contributed by atoms with Crippen molar-refractivity contribution in [3.8, 4) is 0 Å². The summed E-state index contributed by atoms with van der Waals surface area (Å²) in [6.45, 7) is 0.833. The van der Waals surface area contributed by atoms with Gasteiger partial charge in [-0.2, -0.15) is 5.10 Å². The second-order valence-corrected chi connectivity index (χ2v) is 4.82. The predicted octanol–water partition coefficient (Wildman–Crippen LogP) is 1.98. The molecule has 106 valence electrons. The van der Waals surface area contributed by atoms with Crippen molar-refractivity contribution in [2.24, 2.45) is 5.10 Å². The highest BCUT2D eigenvalue weighted by Crippen LogP contribution is 2.18. The lowest BCUT2D eigenvalue weighted by atomic mass is 10.1. The maximum absolute atomic E-state index is 5.20. The Morgan fingerprint density at radius 3 is 2.95 bits per heavy atom. The number of hydrazone groups is 1. The summed E-state index contributed by atoms with van der Waals surface area (Å²) in [6.07, 6.45) is 4.25. The van der Waals surface area contributed by atoms with Gasteiger partial charge in [0.1, 0.15) is 11.5 Å². The van der Waals surface area contributed by atoms with Crippen molar-refractivity contribution < 1.29 is 0 Å². The van der Waals surface area contributed by atoms with E-state index in [1.165, 1.54) is 0 Å². The molecule has 6 nitrogen and oxygen atoms in total. The van der Waals surface area contributed by atoms with Crippen molar-refractivity contribution in [1.82, 2.24) is 15.4 Å². The zero-order chi connectivity index (χ0) is 14.5. The van der Waals surface area contributed by atoms with Crippen molar-refractivity contribution in [2.75, 3.05) is 17.2 Å². The van der Waals surface area contributed by atoms with Gasteiger partial charge in [-0.15, -0.1) is 0 Å². The topological polar surface area (TPSA) is 74.2 Å². The molecule has 0 atom stereocenters. The Bertz CT molecular complexity index is 670. The van der Waals surface area contributed by atoms with Gasteiger partial charge in [0.15, 0.2) is 5.11 Å². The van der Waals surface area contributed by atoms with E-state index in [1.807, 2.05) is 30.3 Å². The summed E-state index contributed by atoms with van der Waals surface area (Å²) in [5, 5.41) is 11.0. The Labute approximate surface area is 127 Å². The minimum Gasteiger partial charge on any atom is -0.383 e. The number of aromatic nitrogens is 2. The third-order valence-corrected chi connectivity index (χ3v) is 3.15. The molecule has 7 heteroatoms. The molecule has 0 saturated heterocycles. The third kappa shape index (κ3) is 3.32. The molecule has 0 amide bonds. The molecule has 2 aromatic rings. The molecule has 0 radical (unpaired) electrons. The van der Waals surface area contributed by atoms with Crippen molar-refractivity contribution >= 4 is 34.5 Å². The fraction of sp³-hybridized carbons (Fsp3) is 0.143. The van der Waals surface area contributed by atoms with Crippen molar-refractivity contribution in [1.29, 1.82) is 0 Å². The molecule has 0 fully saturated rings. The Hall–Kier alpha value is -2.54. The summed E-state index contributed by atoms with van der Waals surface area (Å²) >= 11 is 5.20. The number of fused-ring (bicyclic) bond motifs is 1. The molecular weight excluding hydrogens is 284 g/mol. The van der Waals surface area contributed by atoms with Crippen LogP contribution in [-0.4, -0.2) is 27.3 Å². The van der Waals surface area contributed by atoms with Crippen LogP contribution in [0.25, 0.3) is 0 Å². The summed E-state index contributed by atoms with van der Waals surface area (Å²) in [6, 6.07) is 9.45. The molecule has 1 aliphatic heterocycles. The number of nitrogens with zero attached hydrogens (tertiary/aromatic N) is 3. The lowest BCUT2D eigenvalue weighted by Gasteiger charge is -2.18. The predicted molar refractivity (Wildman–Crippen MR) is 87.5 cm³/mol. The number of hydrogen-bond acceptors (Lipinski definition) is 5. The maximum atomic E-state index is 5.20. The van der Waals surface area contributed by atoms with E-state index in [0.29, 0.717) is 10.9 Å². The lowest BCUT2D eigenvalue weighted by molar-refractivity contribution is 0.975. The number of pyridine rings is 2. The van der Waals surface area contributed by atoms with Gasteiger partial charge in [0, 0.05) is 25.4 Å². The Morgan fingerprint density at radius 1 is 1.19 bits per heavy atom. The minimum atomic E-state index is 0.400. The van der Waals surface area contributed by atoms with Gasteiger partial charge in [0.25, 0.3) is 0 Å². The normalized spacial score (nSPS) is 15.0. The summed E-state index contributed by atoms with van der Waals surface area (Å²) in [5.74, 6) is 0.680. The van der Waals surface area contributed by atoms with Crippen LogP contribution in [0.2, 0.25) is 0 Å². The Balaban J connectivity index is 1.68. The molecule has 0 unspecified atom stereocenters. The van der Waals surface area contributed by atoms with E-state index in [4.69, 9.17) is 12.2 Å². The van der Waals surface area contributed by atoms with Gasteiger partial charge in [0.05, 0.1) is 11.4 Å². The quantitative estimate of drug-likeness (QED) is 0.581. The third-order valence-electron chi connectivity index (χ3n) is 2.96. The van der Waals surface area contributed by atoms with E-state index in [9.17, 15) is 0 Å². The average molecular weight is 298 g/mol. The second kappa shape index (κ2) is 6.27. The Kier molecular flexibility index (Phi) is 4.02. The first-order chi connectivity index (χ1) is 10.3. The number of hydrogen-bond donors (Lipinski definition) is 3. The zero-order valence-electron chi connectivity index (χ0n) is 11.2. The Morgan fingerprint density at radius 2 is 2.10 bits per heavy atom. The van der Waals surface area contributed by atoms with Gasteiger partial charge in [0.2, 0.25) is 0 Å². The molecular formula is C14H14N6S. The van der Waals surface area contributed by atoms with Crippen molar-refractivity contribution in [2.45, 2.75) is 6.42 Å². The minimum absolute atomic E-state index is 0.400. The van der Waals surface area contributed by atoms with Crippen LogP contribution in [0.5, 0.6) is 0 Å². The summed E-state index contributed by atoms with van der Waals surface area (Å²) in [4.78, 5) is 8.49. The fourth-order valence-electron chi connectivity index (χ4n) is 2.02. The first-order valence-electron chi connectivity index (χ1n) is 6.57. The van der Waals surface area contributed by atoms with Crippen LogP contribution in [0.4, 0.5) is 11.5 Å². The van der Waals surface area contributed by atoms with Crippen LogP contribution >= 0.6 is 12.2 Å². The fourth-order valence-corrected chi connectivity index (χ4v) is 2.17. The summed E-state index contributed by atoms with van der Waals surface area (Å²) < 4.78 is 0. The molecule has 3 heterocycles. The molecule has 3 N–H and O–H groups in total. The summed E-state index contributed by atoms with van der Waals surface area (Å²) in [7, 11) is 0. The number of nitrogens with one attached hydrogen (secondary N) is 3. The van der Waals surface area contributed by atoms with Gasteiger partial charge in [-0.05, 0) is 36.5 Å². The van der Waals surface area contributed by atoms with Crippen LogP contribution in [-0.2, 0) is 0 Å². The molecule has 0 aliphatic carbocycles. The largest absolute Gasteiger partial charge is 0.383 e. The van der Waals surface area contributed by atoms with Crippen LogP contribution in [0, 0.1) is 0 Å². The first kappa shape index (κ1) is 13.4. The molecule has 21 heavy (non-hydrogen) atoms. The van der Waals surface area contributed by atoms with E-state index in [1.54, 1.807) is 12.4 Å². The number of rotatable bonds is 2. The zero-order valence-corrected chi connectivity index (χ0v) is 12.0. The van der Waals surface area contributed by atoms with E-state index in [-0.39, 0.29) is 0 Å². The molecule has 0 bridgehead atoms. The number of anilines is 2. The molecule has 0 saturated carbocycles. The van der Waals surface area contributed by atoms with Crippen molar-refractivity contribution in [3.63, 3.8) is 0 Å².